The third-order valence-electron chi connectivity index (χ3n) is 0.315. The Morgan fingerprint density at radius 1 is 1.88 bits per heavy atom. The highest BCUT2D eigenvalue weighted by Gasteiger charge is 1.95. The first-order valence-corrected chi connectivity index (χ1v) is 1.64. The van der Waals surface area contributed by atoms with Crippen LogP contribution in [0.1, 0.15) is 0 Å². The molecule has 0 spiro atoms. The van der Waals surface area contributed by atoms with Crippen molar-refractivity contribution in [3.63, 3.8) is 0 Å². The predicted molar refractivity (Wildman–Crippen MR) is 19.2 cm³/mol. The zero-order valence-corrected chi connectivity index (χ0v) is 4.81. The Bertz CT molecular complexity index is 68.3. The molecule has 0 aliphatic rings. The van der Waals surface area contributed by atoms with Gasteiger partial charge < -0.3 is 22.4 Å². The van der Waals surface area contributed by atoms with Gasteiger partial charge in [-0.1, -0.05) is 0 Å². The van der Waals surface area contributed by atoms with Crippen LogP contribution in [0.4, 0.5) is 0 Å². The Kier molecular flexibility index (Phi) is 8.79. The maximum absolute atomic E-state index is 9.84. The Morgan fingerprint density at radius 3 is 2.50 bits per heavy atom. The molecule has 0 atom stereocenters. The lowest BCUT2D eigenvalue weighted by Crippen LogP contribution is -3.00. The summed E-state index contributed by atoms with van der Waals surface area (Å²) in [5.74, 6) is 2.23. The second kappa shape index (κ2) is 6.64. The summed E-state index contributed by atoms with van der Waals surface area (Å²) in [4.78, 5) is 13.8. The third-order valence-corrected chi connectivity index (χ3v) is 0.315. The first-order chi connectivity index (χ1) is 3.31. The molecule has 5 nitrogen and oxygen atoms in total. The van der Waals surface area contributed by atoms with E-state index >= 15 is 0 Å². The second-order valence-corrected chi connectivity index (χ2v) is 0.777. The summed E-state index contributed by atoms with van der Waals surface area (Å²) in [5, 5.41) is 7.92. The maximum Gasteiger partial charge on any atom is 0.355 e. The molecule has 0 rings (SSSR count). The number of carbonyl (C=O) groups excluding carboxylic acids is 1. The van der Waals surface area contributed by atoms with E-state index in [1.165, 1.54) is 0 Å². The van der Waals surface area contributed by atoms with Gasteiger partial charge in [-0.3, -0.25) is 0 Å². The van der Waals surface area contributed by atoms with Crippen LogP contribution in [-0.2, 0) is 9.63 Å². The largest absolute Gasteiger partial charge is 1.00 e. The van der Waals surface area contributed by atoms with Gasteiger partial charge >= 0.3 is 5.97 Å². The zero-order chi connectivity index (χ0) is 5.70. The van der Waals surface area contributed by atoms with E-state index in [-0.39, 0.29) is 12.4 Å². The number of carbonyl (C=O) groups is 1. The quantitative estimate of drug-likeness (QED) is 0.335. The highest BCUT2D eigenvalue weighted by Crippen LogP contribution is 1.62. The van der Waals surface area contributed by atoms with Crippen LogP contribution in [0.15, 0.2) is 0 Å². The van der Waals surface area contributed by atoms with Gasteiger partial charge in [0.05, 0.1) is 0 Å². The van der Waals surface area contributed by atoms with Crippen LogP contribution in [0.25, 0.3) is 0 Å². The van der Waals surface area contributed by atoms with E-state index in [2.05, 4.69) is 10.7 Å². The zero-order valence-electron chi connectivity index (χ0n) is 4.06. The molecule has 0 aromatic rings. The van der Waals surface area contributed by atoms with Crippen LogP contribution < -0.4 is 23.8 Å². The lowest BCUT2D eigenvalue weighted by atomic mass is 10.8. The SMILES string of the molecule is [Cl-].[NH3+]NOC(=O)CO. The lowest BCUT2D eigenvalue weighted by molar-refractivity contribution is -0.512. The monoisotopic (exact) mass is 142 g/mol. The molecule has 0 aromatic heterocycles. The number of rotatable bonds is 2. The molecule has 0 radical (unpaired) electrons. The van der Waals surface area contributed by atoms with Crippen molar-refractivity contribution in [1.29, 1.82) is 0 Å². The van der Waals surface area contributed by atoms with Crippen LogP contribution in [0, 0.1) is 0 Å². The number of aliphatic hydroxyl groups is 1. The van der Waals surface area contributed by atoms with Crippen molar-refractivity contribution in [2.75, 3.05) is 6.61 Å². The minimum absolute atomic E-state index is 0. The van der Waals surface area contributed by atoms with Crippen molar-refractivity contribution >= 4 is 5.97 Å². The summed E-state index contributed by atoms with van der Waals surface area (Å²) >= 11 is 0. The summed E-state index contributed by atoms with van der Waals surface area (Å²) in [5.41, 5.74) is 1.86. The maximum atomic E-state index is 9.84. The number of nitrogens with one attached hydrogen (secondary N) is 1. The third kappa shape index (κ3) is 5.64. The predicted octanol–water partition coefficient (Wildman–Crippen LogP) is -5.81. The normalized spacial score (nSPS) is 7.25. The molecule has 0 saturated heterocycles. The van der Waals surface area contributed by atoms with Crippen LogP contribution in [0.2, 0.25) is 0 Å². The molecule has 6 heteroatoms. The van der Waals surface area contributed by atoms with Crippen LogP contribution in [-0.4, -0.2) is 17.7 Å². The minimum Gasteiger partial charge on any atom is -1.00 e. The molecule has 50 valence electrons. The highest BCUT2D eigenvalue weighted by molar-refractivity contribution is 5.69. The molecule has 0 aliphatic heterocycles. The van der Waals surface area contributed by atoms with Gasteiger partial charge in [0.15, 0.2) is 0 Å². The Labute approximate surface area is 52.1 Å². The van der Waals surface area contributed by atoms with Crippen LogP contribution in [0.3, 0.4) is 0 Å². The van der Waals surface area contributed by atoms with Crippen LogP contribution >= 0.6 is 0 Å². The Balaban J connectivity index is 0. The van der Waals surface area contributed by atoms with Gasteiger partial charge in [-0.2, -0.15) is 0 Å². The smallest absolute Gasteiger partial charge is 0.355 e. The summed E-state index contributed by atoms with van der Waals surface area (Å²) in [6.45, 7) is -0.622. The van der Waals surface area contributed by atoms with Crippen molar-refractivity contribution in [3.8, 4) is 0 Å². The molecule has 0 heterocycles. The first kappa shape index (κ1) is 10.6. The van der Waals surface area contributed by atoms with Crippen molar-refractivity contribution in [2.24, 2.45) is 0 Å². The first-order valence-electron chi connectivity index (χ1n) is 1.64. The van der Waals surface area contributed by atoms with Gasteiger partial charge in [0.2, 0.25) is 0 Å². The van der Waals surface area contributed by atoms with E-state index in [1.807, 2.05) is 5.59 Å². The summed E-state index contributed by atoms with van der Waals surface area (Å²) in [6, 6.07) is 0. The summed E-state index contributed by atoms with van der Waals surface area (Å²) in [6.07, 6.45) is 0. The topological polar surface area (TPSA) is 86.2 Å². The molecule has 8 heavy (non-hydrogen) atoms. The van der Waals surface area contributed by atoms with Gasteiger partial charge in [-0.25, -0.2) is 10.6 Å². The van der Waals surface area contributed by atoms with Gasteiger partial charge in [0.25, 0.3) is 0 Å². The molecule has 0 aromatic carbocycles. The molecular weight excluding hydrogens is 135 g/mol. The van der Waals surface area contributed by atoms with E-state index < -0.39 is 12.6 Å². The van der Waals surface area contributed by atoms with Gasteiger partial charge in [-0.05, 0) is 0 Å². The van der Waals surface area contributed by atoms with Gasteiger partial charge in [0, 0.05) is 5.59 Å². The molecule has 0 bridgehead atoms. The van der Waals surface area contributed by atoms with E-state index in [4.69, 9.17) is 5.11 Å². The second-order valence-electron chi connectivity index (χ2n) is 0.777. The molecule has 0 amide bonds. The summed E-state index contributed by atoms with van der Waals surface area (Å²) in [7, 11) is 0. The molecule has 0 fully saturated rings. The van der Waals surface area contributed by atoms with E-state index in [0.717, 1.165) is 0 Å². The van der Waals surface area contributed by atoms with E-state index in [0.29, 0.717) is 0 Å². The molecule has 0 aliphatic carbocycles. The number of hydrogen-bond donors (Lipinski definition) is 3. The molecular formula is C2H7ClN2O3. The standard InChI is InChI=1S/C2H6N2O3.ClH/c3-4-7-2(6)1-5;/h4-5H,1,3H2;1H. The number of halogens is 1. The number of hydrogen-bond acceptors (Lipinski definition) is 4. The van der Waals surface area contributed by atoms with Crippen LogP contribution in [0.5, 0.6) is 0 Å². The Morgan fingerprint density at radius 2 is 2.38 bits per heavy atom. The number of quaternary nitrogens is 1. The lowest BCUT2D eigenvalue weighted by Gasteiger charge is -1.90. The van der Waals surface area contributed by atoms with Crippen molar-refractivity contribution in [1.82, 2.24) is 5.59 Å². The average Bonchev–Trinajstić information content (AvgIpc) is 1.68. The molecule has 5 N–H and O–H groups in total. The summed E-state index contributed by atoms with van der Waals surface area (Å²) < 4.78 is 0. The van der Waals surface area contributed by atoms with E-state index in [1.54, 1.807) is 0 Å². The molecule has 0 saturated carbocycles. The average molecular weight is 143 g/mol. The fraction of sp³-hybridized carbons (Fsp3) is 0.500. The highest BCUT2D eigenvalue weighted by atomic mass is 35.5. The Hall–Kier alpha value is -0.360. The van der Waals surface area contributed by atoms with Crippen molar-refractivity contribution in [2.45, 2.75) is 0 Å². The number of aliphatic hydroxyl groups excluding tert-OH is 1. The van der Waals surface area contributed by atoms with Gasteiger partial charge in [0.1, 0.15) is 6.61 Å². The van der Waals surface area contributed by atoms with Crippen molar-refractivity contribution < 1.29 is 33.0 Å². The van der Waals surface area contributed by atoms with Gasteiger partial charge in [-0.15, -0.1) is 0 Å². The van der Waals surface area contributed by atoms with Crippen molar-refractivity contribution in [3.05, 3.63) is 0 Å². The molecule has 0 unspecified atom stereocenters. The minimum atomic E-state index is -0.741. The fourth-order valence-corrected chi connectivity index (χ4v) is 0.113. The fourth-order valence-electron chi connectivity index (χ4n) is 0.113. The van der Waals surface area contributed by atoms with E-state index in [9.17, 15) is 4.79 Å².